The zero-order valence-corrected chi connectivity index (χ0v) is 17.6. The number of hydrogen-bond donors (Lipinski definition) is 0. The first-order valence-electron chi connectivity index (χ1n) is 9.58. The number of methoxy groups -OCH3 is 1. The van der Waals surface area contributed by atoms with Gasteiger partial charge in [-0.3, -0.25) is 4.79 Å². The minimum atomic E-state index is -0.638. The van der Waals surface area contributed by atoms with Gasteiger partial charge in [0.25, 0.3) is 0 Å². The highest BCUT2D eigenvalue weighted by Crippen LogP contribution is 2.31. The lowest BCUT2D eigenvalue weighted by atomic mass is 9.95. The third-order valence-corrected chi connectivity index (χ3v) is 4.20. The molecule has 0 aliphatic rings. The van der Waals surface area contributed by atoms with E-state index in [4.69, 9.17) is 13.9 Å². The molecule has 6 nitrogen and oxygen atoms in total. The highest BCUT2D eigenvalue weighted by molar-refractivity contribution is 5.75. The first-order valence-corrected chi connectivity index (χ1v) is 9.58. The molecule has 1 aromatic heterocycles. The summed E-state index contributed by atoms with van der Waals surface area (Å²) in [4.78, 5) is 28.0. The number of Topliss-reactive ketones (excluding diaryl/α,β-unsaturated/α-hetero) is 1. The number of halogens is 1. The lowest BCUT2D eigenvalue weighted by Crippen LogP contribution is -2.25. The summed E-state index contributed by atoms with van der Waals surface area (Å²) in [6.07, 6.45) is 3.18. The molecule has 0 fully saturated rings. The average Bonchev–Trinajstić information content (AvgIpc) is 3.06. The van der Waals surface area contributed by atoms with Crippen molar-refractivity contribution in [3.05, 3.63) is 47.4 Å². The normalized spacial score (nSPS) is 12.5. The van der Waals surface area contributed by atoms with Crippen LogP contribution in [0.5, 0.6) is 5.75 Å². The number of oxazole rings is 1. The Balaban J connectivity index is 2.27. The number of aromatic nitrogens is 1. The minimum Gasteiger partial charge on any atom is -0.494 e. The Morgan fingerprint density at radius 2 is 2.00 bits per heavy atom. The molecule has 1 atom stereocenters. The maximum absolute atomic E-state index is 14.3. The zero-order chi connectivity index (χ0) is 21.6. The summed E-state index contributed by atoms with van der Waals surface area (Å²) < 4.78 is 30.3. The van der Waals surface area contributed by atoms with Crippen molar-refractivity contribution in [2.24, 2.45) is 0 Å². The number of rotatable bonds is 9. The summed E-state index contributed by atoms with van der Waals surface area (Å²) in [5, 5.41) is 0. The Kier molecular flexibility index (Phi) is 7.53. The van der Waals surface area contributed by atoms with E-state index >= 15 is 0 Å². The fourth-order valence-electron chi connectivity index (χ4n) is 2.91. The van der Waals surface area contributed by atoms with Crippen LogP contribution < -0.4 is 4.74 Å². The molecule has 2 aromatic rings. The second kappa shape index (κ2) is 9.67. The van der Waals surface area contributed by atoms with Gasteiger partial charge in [0.05, 0.1) is 25.1 Å². The number of nitrogens with zero attached hydrogens (tertiary/aromatic N) is 1. The van der Waals surface area contributed by atoms with Crippen LogP contribution in [0.3, 0.4) is 0 Å². The standard InChI is InChI=1S/C22H28FNO5/c1-14(25)7-6-8-16-13-28-21(24-16)17(12-20(26)29-22(2,3)4)15-9-10-19(27-5)18(23)11-15/h9-11,13,17H,6-8,12H2,1-5H3. The van der Waals surface area contributed by atoms with Crippen molar-refractivity contribution in [1.82, 2.24) is 4.98 Å². The maximum Gasteiger partial charge on any atom is 0.307 e. The molecule has 2 rings (SSSR count). The van der Waals surface area contributed by atoms with Crippen LogP contribution in [0.25, 0.3) is 0 Å². The molecular formula is C22H28FNO5. The third kappa shape index (κ3) is 7.00. The number of carbonyl (C=O) groups is 2. The molecule has 1 unspecified atom stereocenters. The number of ether oxygens (including phenoxy) is 2. The third-order valence-electron chi connectivity index (χ3n) is 4.20. The molecule has 1 aromatic carbocycles. The van der Waals surface area contributed by atoms with Crippen LogP contribution in [0, 0.1) is 5.82 Å². The van der Waals surface area contributed by atoms with Crippen molar-refractivity contribution in [3.63, 3.8) is 0 Å². The number of hydrogen-bond acceptors (Lipinski definition) is 6. The number of esters is 1. The van der Waals surface area contributed by atoms with Crippen molar-refractivity contribution >= 4 is 11.8 Å². The molecule has 0 aliphatic heterocycles. The summed E-state index contributed by atoms with van der Waals surface area (Å²) in [5.41, 5.74) is 0.581. The minimum absolute atomic E-state index is 0.0452. The molecule has 0 bridgehead atoms. The zero-order valence-electron chi connectivity index (χ0n) is 17.6. The van der Waals surface area contributed by atoms with Crippen molar-refractivity contribution in [2.75, 3.05) is 7.11 Å². The summed E-state index contributed by atoms with van der Waals surface area (Å²) in [7, 11) is 1.39. The van der Waals surface area contributed by atoms with Gasteiger partial charge in [0.15, 0.2) is 11.6 Å². The summed E-state index contributed by atoms with van der Waals surface area (Å²) >= 11 is 0. The van der Waals surface area contributed by atoms with Crippen LogP contribution in [-0.2, 0) is 20.7 Å². The molecule has 158 valence electrons. The highest BCUT2D eigenvalue weighted by Gasteiger charge is 2.27. The summed E-state index contributed by atoms with van der Waals surface area (Å²) in [6.45, 7) is 6.89. The van der Waals surface area contributed by atoms with Gasteiger partial charge >= 0.3 is 5.97 Å². The topological polar surface area (TPSA) is 78.6 Å². The Labute approximate surface area is 170 Å². The second-order valence-corrected chi connectivity index (χ2v) is 7.97. The fourth-order valence-corrected chi connectivity index (χ4v) is 2.91. The van der Waals surface area contributed by atoms with E-state index in [2.05, 4.69) is 4.98 Å². The SMILES string of the molecule is COc1ccc(C(CC(=O)OC(C)(C)C)c2nc(CCCC(C)=O)co2)cc1F. The van der Waals surface area contributed by atoms with Gasteiger partial charge in [-0.25, -0.2) is 9.37 Å². The first kappa shape index (κ1) is 22.6. The van der Waals surface area contributed by atoms with Crippen LogP contribution in [0.15, 0.2) is 28.9 Å². The Morgan fingerprint density at radius 3 is 2.59 bits per heavy atom. The maximum atomic E-state index is 14.3. The van der Waals surface area contributed by atoms with Crippen molar-refractivity contribution < 1.29 is 27.9 Å². The van der Waals surface area contributed by atoms with E-state index in [9.17, 15) is 14.0 Å². The molecule has 0 aliphatic carbocycles. The number of ketones is 1. The van der Waals surface area contributed by atoms with E-state index in [1.807, 2.05) is 0 Å². The Hall–Kier alpha value is -2.70. The molecule has 0 saturated carbocycles. The van der Waals surface area contributed by atoms with Crippen LogP contribution in [0.4, 0.5) is 4.39 Å². The van der Waals surface area contributed by atoms with E-state index < -0.39 is 23.3 Å². The molecule has 0 saturated heterocycles. The predicted molar refractivity (Wildman–Crippen MR) is 105 cm³/mol. The van der Waals surface area contributed by atoms with Gasteiger partial charge in [0.1, 0.15) is 17.6 Å². The van der Waals surface area contributed by atoms with Crippen LogP contribution in [0.2, 0.25) is 0 Å². The molecule has 0 amide bonds. The van der Waals surface area contributed by atoms with E-state index in [0.29, 0.717) is 36.4 Å². The van der Waals surface area contributed by atoms with Gasteiger partial charge in [-0.05, 0) is 58.2 Å². The van der Waals surface area contributed by atoms with Crippen LogP contribution >= 0.6 is 0 Å². The van der Waals surface area contributed by atoms with E-state index in [1.54, 1.807) is 33.8 Å². The van der Waals surface area contributed by atoms with Crippen LogP contribution in [-0.4, -0.2) is 29.4 Å². The van der Waals surface area contributed by atoms with Gasteiger partial charge in [0, 0.05) is 6.42 Å². The highest BCUT2D eigenvalue weighted by atomic mass is 19.1. The molecular weight excluding hydrogens is 377 g/mol. The van der Waals surface area contributed by atoms with Gasteiger partial charge < -0.3 is 18.7 Å². The molecule has 7 heteroatoms. The lowest BCUT2D eigenvalue weighted by molar-refractivity contribution is -0.155. The number of aryl methyl sites for hydroxylation is 1. The van der Waals surface area contributed by atoms with Gasteiger partial charge in [-0.15, -0.1) is 0 Å². The summed E-state index contributed by atoms with van der Waals surface area (Å²) in [6, 6.07) is 4.49. The van der Waals surface area contributed by atoms with Crippen LogP contribution in [0.1, 0.15) is 70.0 Å². The monoisotopic (exact) mass is 405 g/mol. The molecule has 0 N–H and O–H groups in total. The lowest BCUT2D eigenvalue weighted by Gasteiger charge is -2.21. The van der Waals surface area contributed by atoms with Crippen molar-refractivity contribution in [1.29, 1.82) is 0 Å². The quantitative estimate of drug-likeness (QED) is 0.568. The number of carbonyl (C=O) groups excluding carboxylic acids is 2. The van der Waals surface area contributed by atoms with Gasteiger partial charge in [-0.2, -0.15) is 0 Å². The molecule has 0 radical (unpaired) electrons. The second-order valence-electron chi connectivity index (χ2n) is 7.97. The Bertz CT molecular complexity index is 853. The van der Waals surface area contributed by atoms with Gasteiger partial charge in [-0.1, -0.05) is 6.07 Å². The first-order chi connectivity index (χ1) is 13.6. The largest absolute Gasteiger partial charge is 0.494 e. The Morgan fingerprint density at radius 1 is 1.28 bits per heavy atom. The molecule has 0 spiro atoms. The predicted octanol–water partition coefficient (Wildman–Crippen LogP) is 4.60. The molecule has 29 heavy (non-hydrogen) atoms. The summed E-state index contributed by atoms with van der Waals surface area (Å²) in [5.74, 6) is -1.04. The number of benzene rings is 1. The fraction of sp³-hybridized carbons (Fsp3) is 0.500. The van der Waals surface area contributed by atoms with Gasteiger partial charge in [0.2, 0.25) is 5.89 Å². The average molecular weight is 405 g/mol. The van der Waals surface area contributed by atoms with Crippen molar-refractivity contribution in [2.45, 2.75) is 64.9 Å². The van der Waals surface area contributed by atoms with E-state index in [0.717, 1.165) is 0 Å². The molecule has 1 heterocycles. The van der Waals surface area contributed by atoms with E-state index in [1.165, 1.54) is 25.5 Å². The van der Waals surface area contributed by atoms with E-state index in [-0.39, 0.29) is 18.0 Å². The van der Waals surface area contributed by atoms with Crippen molar-refractivity contribution in [3.8, 4) is 5.75 Å². The smallest absolute Gasteiger partial charge is 0.307 e.